The number of Topliss-reactive ketones (excluding diaryl/α,β-unsaturated/α-hetero) is 4. The van der Waals surface area contributed by atoms with Crippen LogP contribution in [0, 0.1) is 23.7 Å². The van der Waals surface area contributed by atoms with E-state index in [-0.39, 0.29) is 30.7 Å². The molecule has 2 aromatic carbocycles. The van der Waals surface area contributed by atoms with E-state index in [2.05, 4.69) is 0 Å². The van der Waals surface area contributed by atoms with Crippen LogP contribution < -0.4 is 11.5 Å². The van der Waals surface area contributed by atoms with Gasteiger partial charge in [0.05, 0.1) is 17.5 Å². The van der Waals surface area contributed by atoms with E-state index in [4.69, 9.17) is 11.5 Å². The average molecular weight is 520 g/mol. The van der Waals surface area contributed by atoms with Crippen LogP contribution >= 0.6 is 0 Å². The van der Waals surface area contributed by atoms with Crippen LogP contribution in [-0.4, -0.2) is 69.9 Å². The lowest BCUT2D eigenvalue weighted by Gasteiger charge is -2.52. The van der Waals surface area contributed by atoms with Crippen molar-refractivity contribution >= 4 is 29.0 Å². The van der Waals surface area contributed by atoms with Crippen molar-refractivity contribution in [1.82, 2.24) is 4.90 Å². The summed E-state index contributed by atoms with van der Waals surface area (Å²) in [5, 5.41) is 22.7. The summed E-state index contributed by atoms with van der Waals surface area (Å²) >= 11 is 0. The van der Waals surface area contributed by atoms with Gasteiger partial charge in [0.2, 0.25) is 5.91 Å². The first kappa shape index (κ1) is 25.9. The predicted octanol–water partition coefficient (Wildman–Crippen LogP) is -0.00730. The number of aliphatic hydroxyl groups is 1. The summed E-state index contributed by atoms with van der Waals surface area (Å²) in [6.45, 7) is -0.0638. The summed E-state index contributed by atoms with van der Waals surface area (Å²) in [7, 11) is 3.10. The second-order valence-electron chi connectivity index (χ2n) is 10.6. The fraction of sp³-hybridized carbons (Fsp3) is 0.393. The smallest absolute Gasteiger partial charge is 0.235 e. The normalized spacial score (nSPS) is 30.6. The Morgan fingerprint density at radius 1 is 1.11 bits per heavy atom. The number of amides is 1. The summed E-state index contributed by atoms with van der Waals surface area (Å²) in [6, 6.07) is 9.83. The van der Waals surface area contributed by atoms with Gasteiger partial charge in [-0.2, -0.15) is 0 Å². The molecule has 0 heterocycles. The van der Waals surface area contributed by atoms with Gasteiger partial charge in [-0.15, -0.1) is 0 Å². The number of hydrogen-bond acceptors (Lipinski definition) is 9. The highest BCUT2D eigenvalue weighted by Crippen LogP contribution is 2.52. The second kappa shape index (κ2) is 8.93. The molecule has 2 aromatic rings. The molecule has 2 unspecified atom stereocenters. The molecule has 2 fully saturated rings. The van der Waals surface area contributed by atoms with Crippen molar-refractivity contribution < 1.29 is 34.2 Å². The molecule has 6 atom stereocenters. The first-order valence-corrected chi connectivity index (χ1v) is 12.4. The highest BCUT2D eigenvalue weighted by Gasteiger charge is 2.69. The minimum absolute atomic E-state index is 0.00245. The lowest BCUT2D eigenvalue weighted by atomic mass is 9.52. The van der Waals surface area contributed by atoms with Crippen LogP contribution in [0.4, 0.5) is 0 Å². The number of carbonyl (C=O) groups excluding carboxylic acids is 5. The zero-order valence-electron chi connectivity index (χ0n) is 21.0. The van der Waals surface area contributed by atoms with Crippen LogP contribution in [0.1, 0.15) is 27.9 Å². The number of carbonyl (C=O) groups is 5. The molecule has 10 nitrogen and oxygen atoms in total. The minimum atomic E-state index is -2.75. The molecule has 0 aromatic heterocycles. The lowest BCUT2D eigenvalue weighted by Crippen LogP contribution is -2.74. The Hall–Kier alpha value is -3.73. The largest absolute Gasteiger partial charge is 0.507 e. The highest BCUT2D eigenvalue weighted by molar-refractivity contribution is 6.32. The predicted molar refractivity (Wildman–Crippen MR) is 135 cm³/mol. The Morgan fingerprint density at radius 3 is 2.34 bits per heavy atom. The zero-order chi connectivity index (χ0) is 27.7. The third-order valence-corrected chi connectivity index (χ3v) is 8.44. The fourth-order valence-corrected chi connectivity index (χ4v) is 6.76. The van der Waals surface area contributed by atoms with Crippen LogP contribution in [0.5, 0.6) is 5.75 Å². The van der Waals surface area contributed by atoms with E-state index in [1.54, 1.807) is 20.2 Å². The van der Waals surface area contributed by atoms with E-state index < -0.39 is 64.4 Å². The number of likely N-dealkylation sites (N-methyl/N-ethyl adjacent to an activating group) is 1. The first-order chi connectivity index (χ1) is 17.9. The third kappa shape index (κ3) is 3.40. The summed E-state index contributed by atoms with van der Waals surface area (Å²) in [5.41, 5.74) is 10.7. The van der Waals surface area contributed by atoms with Crippen molar-refractivity contribution in [2.75, 3.05) is 14.1 Å². The van der Waals surface area contributed by atoms with E-state index >= 15 is 0 Å². The van der Waals surface area contributed by atoms with Gasteiger partial charge in [0, 0.05) is 18.0 Å². The molecule has 198 valence electrons. The fourth-order valence-electron chi connectivity index (χ4n) is 6.76. The number of hydrogen-bond donors (Lipinski definition) is 4. The van der Waals surface area contributed by atoms with Gasteiger partial charge in [-0.1, -0.05) is 30.3 Å². The van der Waals surface area contributed by atoms with Gasteiger partial charge in [0.25, 0.3) is 0 Å². The number of phenolic OH excluding ortho intramolecular Hbond substituents is 1. The van der Waals surface area contributed by atoms with Crippen LogP contribution in [0.2, 0.25) is 0 Å². The maximum atomic E-state index is 13.9. The van der Waals surface area contributed by atoms with E-state index in [1.165, 1.54) is 4.90 Å². The molecule has 0 spiro atoms. The van der Waals surface area contributed by atoms with E-state index in [0.717, 1.165) is 5.56 Å². The summed E-state index contributed by atoms with van der Waals surface area (Å²) in [6.07, 6.45) is 0.187. The molecule has 0 saturated heterocycles. The molecule has 0 radical (unpaired) electrons. The minimum Gasteiger partial charge on any atom is -0.507 e. The zero-order valence-corrected chi connectivity index (χ0v) is 21.0. The van der Waals surface area contributed by atoms with Gasteiger partial charge in [-0.25, -0.2) is 0 Å². The molecule has 3 aliphatic rings. The van der Waals surface area contributed by atoms with Crippen molar-refractivity contribution in [2.24, 2.45) is 35.1 Å². The lowest BCUT2D eigenvalue weighted by molar-refractivity contribution is -0.181. The number of primary amides is 1. The number of nitrogens with zero attached hydrogens (tertiary/aromatic N) is 1. The van der Waals surface area contributed by atoms with Crippen molar-refractivity contribution in [1.29, 1.82) is 0 Å². The Morgan fingerprint density at radius 2 is 1.76 bits per heavy atom. The van der Waals surface area contributed by atoms with Crippen molar-refractivity contribution in [3.05, 3.63) is 53.1 Å². The molecule has 10 heteroatoms. The van der Waals surface area contributed by atoms with Gasteiger partial charge in [-0.3, -0.25) is 28.9 Å². The number of aromatic hydroxyl groups is 1. The van der Waals surface area contributed by atoms with Gasteiger partial charge in [0.15, 0.2) is 34.7 Å². The van der Waals surface area contributed by atoms with Gasteiger partial charge < -0.3 is 21.7 Å². The Bertz CT molecular complexity index is 1400. The molecule has 0 bridgehead atoms. The van der Waals surface area contributed by atoms with Crippen molar-refractivity contribution in [2.45, 2.75) is 31.0 Å². The maximum absolute atomic E-state index is 13.9. The van der Waals surface area contributed by atoms with Crippen LogP contribution in [0.15, 0.2) is 36.4 Å². The van der Waals surface area contributed by atoms with Crippen LogP contribution in [0.3, 0.4) is 0 Å². The third-order valence-electron chi connectivity index (χ3n) is 8.44. The number of phenols is 1. The second-order valence-corrected chi connectivity index (χ2v) is 10.6. The molecule has 38 heavy (non-hydrogen) atoms. The molecular weight excluding hydrogens is 490 g/mol. The number of nitrogens with two attached hydrogens (primary N) is 2. The quantitative estimate of drug-likeness (QED) is 0.404. The van der Waals surface area contributed by atoms with E-state index in [0.29, 0.717) is 16.7 Å². The molecular formula is C28H29N3O7. The molecule has 0 aliphatic heterocycles. The number of fused-ring (bicyclic) bond motifs is 3. The Labute approximate surface area is 218 Å². The highest BCUT2D eigenvalue weighted by atomic mass is 16.3. The Balaban J connectivity index is 1.70. The SMILES string of the molecule is CN(C)[C@@H]1C(=O)C(C(N)=O)C(=O)[C@@]2(O)C(=O)C3C(=O)c4c(O)c(CN)cc(-c5ccccc5)c4C[C@H]3C[C@@H]12. The van der Waals surface area contributed by atoms with Gasteiger partial charge in [-0.05, 0) is 55.6 Å². The molecule has 1 amide bonds. The van der Waals surface area contributed by atoms with Gasteiger partial charge in [0.1, 0.15) is 5.75 Å². The van der Waals surface area contributed by atoms with Crippen LogP contribution in [-0.2, 0) is 32.1 Å². The number of rotatable bonds is 4. The first-order valence-electron chi connectivity index (χ1n) is 12.4. The van der Waals surface area contributed by atoms with Crippen molar-refractivity contribution in [3.8, 4) is 16.9 Å². The molecule has 2 saturated carbocycles. The topological polar surface area (TPSA) is 181 Å². The summed E-state index contributed by atoms with van der Waals surface area (Å²) in [5.74, 6) is -10.7. The molecule has 5 rings (SSSR count). The standard InChI is InChI=1S/C28H29N3O7/c1-31(2)21-17-10-13-8-16-15(12-6-4-3-5-7-12)9-14(11-29)22(32)19(16)23(33)18(13)25(35)28(17,38)26(36)20(24(21)34)27(30)37/h3-7,9,13,17-18,20-21,32,38H,8,10-11,29H2,1-2H3,(H2,30,37)/t13-,17-,18?,20?,21-,28-/m0/s1. The number of benzene rings is 2. The Kier molecular flexibility index (Phi) is 6.09. The average Bonchev–Trinajstić information content (AvgIpc) is 2.86. The summed E-state index contributed by atoms with van der Waals surface area (Å²) < 4.78 is 0. The van der Waals surface area contributed by atoms with Crippen LogP contribution in [0.25, 0.3) is 11.1 Å². The summed E-state index contributed by atoms with van der Waals surface area (Å²) in [4.78, 5) is 68.0. The maximum Gasteiger partial charge on any atom is 0.235 e. The molecule has 6 N–H and O–H groups in total. The molecule has 3 aliphatic carbocycles. The van der Waals surface area contributed by atoms with E-state index in [9.17, 15) is 34.2 Å². The number of ketones is 4. The monoisotopic (exact) mass is 519 g/mol. The van der Waals surface area contributed by atoms with E-state index in [1.807, 2.05) is 30.3 Å². The van der Waals surface area contributed by atoms with Crippen molar-refractivity contribution in [3.63, 3.8) is 0 Å². The van der Waals surface area contributed by atoms with Gasteiger partial charge >= 0.3 is 0 Å².